The average molecular weight is 682 g/mol. The van der Waals surface area contributed by atoms with Crippen molar-refractivity contribution in [3.63, 3.8) is 0 Å². The number of hydrogen-bond acceptors (Lipinski definition) is 6. The minimum atomic E-state index is -0.634. The van der Waals surface area contributed by atoms with E-state index in [0.29, 0.717) is 33.0 Å². The molecule has 0 amide bonds. The lowest BCUT2D eigenvalue weighted by Gasteiger charge is -2.24. The van der Waals surface area contributed by atoms with Crippen LogP contribution in [0.15, 0.2) is 96.7 Å². The molecule has 0 radical (unpaired) electrons. The van der Waals surface area contributed by atoms with Crippen molar-refractivity contribution in [1.82, 2.24) is 4.57 Å². The SMILES string of the molecule is CCOC(=O)C1=C(C)N=c2s/c(=C\c3cc(Br)c(OCc4ccccc4)c(Br)c3)c(=O)n2[C@@H]1c1ccc(C)cc1. The topological polar surface area (TPSA) is 69.9 Å². The number of aromatic nitrogens is 1. The van der Waals surface area contributed by atoms with Gasteiger partial charge in [-0.3, -0.25) is 9.36 Å². The molecule has 0 saturated carbocycles. The molecular formula is C31H26Br2N2O4S. The van der Waals surface area contributed by atoms with Crippen LogP contribution in [0.5, 0.6) is 5.75 Å². The molecule has 0 unspecified atom stereocenters. The molecular weight excluding hydrogens is 656 g/mol. The Hall–Kier alpha value is -3.27. The number of ether oxygens (including phenoxy) is 2. The molecule has 0 spiro atoms. The number of rotatable bonds is 7. The lowest BCUT2D eigenvalue weighted by atomic mass is 9.95. The number of benzene rings is 3. The molecule has 1 atom stereocenters. The molecule has 9 heteroatoms. The third-order valence-corrected chi connectivity index (χ3v) is 8.62. The van der Waals surface area contributed by atoms with Crippen LogP contribution in [0.1, 0.15) is 42.1 Å². The number of carbonyl (C=O) groups excluding carboxylic acids is 1. The van der Waals surface area contributed by atoms with Crippen LogP contribution in [0.2, 0.25) is 0 Å². The molecule has 1 aromatic heterocycles. The Morgan fingerprint density at radius 1 is 1.05 bits per heavy atom. The maximum Gasteiger partial charge on any atom is 0.338 e. The minimum Gasteiger partial charge on any atom is -0.487 e. The second kappa shape index (κ2) is 12.1. The number of fused-ring (bicyclic) bond motifs is 1. The van der Waals surface area contributed by atoms with E-state index in [-0.39, 0.29) is 12.2 Å². The second-order valence-electron chi connectivity index (χ2n) is 9.30. The summed E-state index contributed by atoms with van der Waals surface area (Å²) in [6.07, 6.45) is 1.83. The molecule has 0 aliphatic carbocycles. The number of nitrogens with zero attached hydrogens (tertiary/aromatic N) is 2. The van der Waals surface area contributed by atoms with Crippen molar-refractivity contribution in [3.8, 4) is 5.75 Å². The Morgan fingerprint density at radius 3 is 2.38 bits per heavy atom. The molecule has 40 heavy (non-hydrogen) atoms. The summed E-state index contributed by atoms with van der Waals surface area (Å²) in [5, 5.41) is 0. The van der Waals surface area contributed by atoms with Gasteiger partial charge in [0.15, 0.2) is 4.80 Å². The number of aryl methyl sites for hydroxylation is 1. The first-order valence-electron chi connectivity index (χ1n) is 12.7. The zero-order valence-electron chi connectivity index (χ0n) is 22.1. The van der Waals surface area contributed by atoms with Gasteiger partial charge in [-0.1, -0.05) is 71.5 Å². The van der Waals surface area contributed by atoms with E-state index in [1.54, 1.807) is 18.4 Å². The molecule has 204 valence electrons. The summed E-state index contributed by atoms with van der Waals surface area (Å²) < 4.78 is 15.0. The van der Waals surface area contributed by atoms with Crippen molar-refractivity contribution < 1.29 is 14.3 Å². The van der Waals surface area contributed by atoms with Crippen LogP contribution < -0.4 is 19.6 Å². The van der Waals surface area contributed by atoms with Crippen LogP contribution in [-0.4, -0.2) is 17.1 Å². The quantitative estimate of drug-likeness (QED) is 0.218. The van der Waals surface area contributed by atoms with Crippen LogP contribution >= 0.6 is 43.2 Å². The largest absolute Gasteiger partial charge is 0.487 e. The highest BCUT2D eigenvalue weighted by Crippen LogP contribution is 2.36. The summed E-state index contributed by atoms with van der Waals surface area (Å²) in [6, 6.07) is 21.0. The summed E-state index contributed by atoms with van der Waals surface area (Å²) in [4.78, 5) is 32.1. The van der Waals surface area contributed by atoms with Crippen LogP contribution in [-0.2, 0) is 16.1 Å². The van der Waals surface area contributed by atoms with Crippen molar-refractivity contribution >= 4 is 55.2 Å². The van der Waals surface area contributed by atoms with E-state index in [0.717, 1.165) is 31.2 Å². The standard InChI is InChI=1S/C31H26Br2N2O4S/c1-4-38-30(37)26-19(3)34-31-35(27(26)22-12-10-18(2)11-13-22)29(36)25(40-31)16-21-14-23(32)28(24(33)15-21)39-17-20-8-6-5-7-9-20/h5-16,27H,4,17H2,1-3H3/b25-16-/t27-/m1/s1. The molecule has 0 saturated heterocycles. The third-order valence-electron chi connectivity index (χ3n) is 6.45. The molecule has 0 fully saturated rings. The Labute approximate surface area is 252 Å². The van der Waals surface area contributed by atoms with Crippen molar-refractivity contribution in [3.05, 3.63) is 129 Å². The van der Waals surface area contributed by atoms with Gasteiger partial charge in [0.2, 0.25) is 0 Å². The molecule has 1 aliphatic rings. The lowest BCUT2D eigenvalue weighted by Crippen LogP contribution is -2.39. The average Bonchev–Trinajstić information content (AvgIpc) is 3.22. The first-order chi connectivity index (χ1) is 19.3. The predicted octanol–water partition coefficient (Wildman–Crippen LogP) is 6.21. The Morgan fingerprint density at radius 2 is 1.73 bits per heavy atom. The summed E-state index contributed by atoms with van der Waals surface area (Å²) in [6.45, 7) is 6.20. The number of allylic oxidation sites excluding steroid dienone is 1. The predicted molar refractivity (Wildman–Crippen MR) is 164 cm³/mol. The molecule has 6 nitrogen and oxygen atoms in total. The highest BCUT2D eigenvalue weighted by Gasteiger charge is 2.33. The molecule has 0 bridgehead atoms. The van der Waals surface area contributed by atoms with Gasteiger partial charge in [0, 0.05) is 0 Å². The van der Waals surface area contributed by atoms with Crippen LogP contribution in [0.3, 0.4) is 0 Å². The van der Waals surface area contributed by atoms with E-state index in [1.165, 1.54) is 11.3 Å². The van der Waals surface area contributed by atoms with E-state index in [9.17, 15) is 9.59 Å². The van der Waals surface area contributed by atoms with E-state index in [1.807, 2.05) is 79.7 Å². The number of thiazole rings is 1. The van der Waals surface area contributed by atoms with Gasteiger partial charge < -0.3 is 9.47 Å². The van der Waals surface area contributed by atoms with Crippen molar-refractivity contribution in [2.75, 3.05) is 6.61 Å². The fourth-order valence-corrected chi connectivity index (χ4v) is 7.03. The maximum atomic E-state index is 13.9. The monoisotopic (exact) mass is 680 g/mol. The minimum absolute atomic E-state index is 0.222. The smallest absolute Gasteiger partial charge is 0.338 e. The van der Waals surface area contributed by atoms with Crippen molar-refractivity contribution in [2.45, 2.75) is 33.4 Å². The molecule has 3 aromatic carbocycles. The molecule has 0 N–H and O–H groups in total. The van der Waals surface area contributed by atoms with E-state index in [2.05, 4.69) is 36.9 Å². The number of esters is 1. The fraction of sp³-hybridized carbons (Fsp3) is 0.194. The van der Waals surface area contributed by atoms with Gasteiger partial charge in [-0.05, 0) is 87.5 Å². The molecule has 5 rings (SSSR count). The summed E-state index contributed by atoms with van der Waals surface area (Å²) >= 11 is 8.54. The van der Waals surface area contributed by atoms with Crippen LogP contribution in [0.25, 0.3) is 6.08 Å². The summed E-state index contributed by atoms with van der Waals surface area (Å²) in [5.41, 5.74) is 4.47. The van der Waals surface area contributed by atoms with Gasteiger partial charge in [-0.25, -0.2) is 9.79 Å². The Balaban J connectivity index is 1.56. The Bertz CT molecular complexity index is 1770. The van der Waals surface area contributed by atoms with Crippen molar-refractivity contribution in [1.29, 1.82) is 0 Å². The first kappa shape index (κ1) is 28.3. The maximum absolute atomic E-state index is 13.9. The summed E-state index contributed by atoms with van der Waals surface area (Å²) in [7, 11) is 0. The first-order valence-corrected chi connectivity index (χ1v) is 15.1. The lowest BCUT2D eigenvalue weighted by molar-refractivity contribution is -0.139. The highest BCUT2D eigenvalue weighted by molar-refractivity contribution is 9.11. The number of halogens is 2. The highest BCUT2D eigenvalue weighted by atomic mass is 79.9. The van der Waals surface area contributed by atoms with Gasteiger partial charge in [-0.2, -0.15) is 0 Å². The van der Waals surface area contributed by atoms with E-state index < -0.39 is 12.0 Å². The Kier molecular flexibility index (Phi) is 8.54. The van der Waals surface area contributed by atoms with E-state index >= 15 is 0 Å². The van der Waals surface area contributed by atoms with E-state index in [4.69, 9.17) is 9.47 Å². The molecule has 2 heterocycles. The number of carbonyl (C=O) groups is 1. The van der Waals surface area contributed by atoms with Gasteiger partial charge >= 0.3 is 5.97 Å². The molecule has 1 aliphatic heterocycles. The number of hydrogen-bond donors (Lipinski definition) is 0. The van der Waals surface area contributed by atoms with Gasteiger partial charge in [0.25, 0.3) is 5.56 Å². The van der Waals surface area contributed by atoms with Gasteiger partial charge in [0.1, 0.15) is 12.4 Å². The fourth-order valence-electron chi connectivity index (χ4n) is 4.54. The normalized spacial score (nSPS) is 15.0. The van der Waals surface area contributed by atoms with Crippen molar-refractivity contribution in [2.24, 2.45) is 4.99 Å². The summed E-state index contributed by atoms with van der Waals surface area (Å²) in [5.74, 6) is 0.207. The van der Waals surface area contributed by atoms with Gasteiger partial charge in [-0.15, -0.1) is 0 Å². The zero-order valence-corrected chi connectivity index (χ0v) is 26.1. The second-order valence-corrected chi connectivity index (χ2v) is 12.0. The van der Waals surface area contributed by atoms with Crippen LogP contribution in [0, 0.1) is 6.92 Å². The van der Waals surface area contributed by atoms with Crippen LogP contribution in [0.4, 0.5) is 0 Å². The molecule has 4 aromatic rings. The third kappa shape index (κ3) is 5.77. The zero-order chi connectivity index (χ0) is 28.4. The van der Waals surface area contributed by atoms with Gasteiger partial charge in [0.05, 0.1) is 37.4 Å².